The van der Waals surface area contributed by atoms with Crippen molar-refractivity contribution in [1.29, 1.82) is 0 Å². The molecule has 0 bridgehead atoms. The van der Waals surface area contributed by atoms with Crippen LogP contribution in [0.5, 0.6) is 0 Å². The third-order valence-electron chi connectivity index (χ3n) is 2.23. The predicted molar refractivity (Wildman–Crippen MR) is 58.8 cm³/mol. The largest absolute Gasteiger partial charge is 0.396 e. The molecule has 3 nitrogen and oxygen atoms in total. The lowest BCUT2D eigenvalue weighted by Crippen LogP contribution is -1.88. The Balaban J connectivity index is 2.34. The van der Waals surface area contributed by atoms with Gasteiger partial charge in [-0.3, -0.25) is 5.10 Å². The van der Waals surface area contributed by atoms with Crippen LogP contribution in [0.25, 0.3) is 10.9 Å². The first kappa shape index (κ1) is 9.55. The van der Waals surface area contributed by atoms with Crippen LogP contribution in [0, 0.1) is 0 Å². The van der Waals surface area contributed by atoms with Gasteiger partial charge in [0.05, 0.1) is 5.52 Å². The first-order chi connectivity index (χ1) is 6.81. The van der Waals surface area contributed by atoms with Crippen molar-refractivity contribution in [3.63, 3.8) is 0 Å². The van der Waals surface area contributed by atoms with Gasteiger partial charge in [-0.1, -0.05) is 6.07 Å². The number of nitrogens with zero attached hydrogens (tertiary/aromatic N) is 1. The van der Waals surface area contributed by atoms with Crippen molar-refractivity contribution >= 4 is 23.5 Å². The number of hydrogen-bond acceptors (Lipinski definition) is 3. The van der Waals surface area contributed by atoms with E-state index in [4.69, 9.17) is 5.11 Å². The van der Waals surface area contributed by atoms with Crippen molar-refractivity contribution in [2.75, 3.05) is 6.61 Å². The Morgan fingerprint density at radius 3 is 3.07 bits per heavy atom. The minimum atomic E-state index is 0.233. The number of aliphatic hydroxyl groups is 1. The Kier molecular flexibility index (Phi) is 2.74. The Bertz CT molecular complexity index is 439. The van der Waals surface area contributed by atoms with Gasteiger partial charge in [0, 0.05) is 12.0 Å². The maximum atomic E-state index is 8.72. The highest BCUT2D eigenvalue weighted by molar-refractivity contribution is 7.80. The van der Waals surface area contributed by atoms with Crippen molar-refractivity contribution in [1.82, 2.24) is 10.2 Å². The van der Waals surface area contributed by atoms with Gasteiger partial charge in [-0.25, -0.2) is 0 Å². The highest BCUT2D eigenvalue weighted by atomic mass is 32.1. The SMILES string of the molecule is OCCCc1ccc2[nH]nc(S)c2c1. The lowest BCUT2D eigenvalue weighted by molar-refractivity contribution is 0.288. The fraction of sp³-hybridized carbons (Fsp3) is 0.300. The molecule has 1 aromatic heterocycles. The average molecular weight is 208 g/mol. The van der Waals surface area contributed by atoms with Gasteiger partial charge in [0.15, 0.2) is 0 Å². The lowest BCUT2D eigenvalue weighted by Gasteiger charge is -1.99. The van der Waals surface area contributed by atoms with Crippen LogP contribution < -0.4 is 0 Å². The summed E-state index contributed by atoms with van der Waals surface area (Å²) in [5.74, 6) is 0. The van der Waals surface area contributed by atoms with E-state index in [1.54, 1.807) is 0 Å². The fourth-order valence-electron chi connectivity index (χ4n) is 1.49. The molecule has 0 aliphatic heterocycles. The second-order valence-corrected chi connectivity index (χ2v) is 3.68. The second-order valence-electron chi connectivity index (χ2n) is 3.25. The number of aryl methyl sites for hydroxylation is 1. The number of aliphatic hydroxyl groups excluding tert-OH is 1. The summed E-state index contributed by atoms with van der Waals surface area (Å²) in [6.45, 7) is 0.233. The topological polar surface area (TPSA) is 48.9 Å². The number of aromatic nitrogens is 2. The Morgan fingerprint density at radius 1 is 1.43 bits per heavy atom. The van der Waals surface area contributed by atoms with Gasteiger partial charge in [-0.15, -0.1) is 12.6 Å². The summed E-state index contributed by atoms with van der Waals surface area (Å²) in [7, 11) is 0. The van der Waals surface area contributed by atoms with Crippen LogP contribution in [-0.4, -0.2) is 21.9 Å². The van der Waals surface area contributed by atoms with E-state index in [-0.39, 0.29) is 6.61 Å². The van der Waals surface area contributed by atoms with E-state index in [9.17, 15) is 0 Å². The Hall–Kier alpha value is -1.000. The van der Waals surface area contributed by atoms with Crippen molar-refractivity contribution in [3.05, 3.63) is 23.8 Å². The van der Waals surface area contributed by atoms with E-state index in [1.165, 1.54) is 5.56 Å². The maximum Gasteiger partial charge on any atom is 0.123 e. The van der Waals surface area contributed by atoms with E-state index < -0.39 is 0 Å². The number of fused-ring (bicyclic) bond motifs is 1. The van der Waals surface area contributed by atoms with Crippen LogP contribution in [0.4, 0.5) is 0 Å². The maximum absolute atomic E-state index is 8.72. The summed E-state index contributed by atoms with van der Waals surface area (Å²) in [6.07, 6.45) is 1.69. The number of H-pyrrole nitrogens is 1. The van der Waals surface area contributed by atoms with Gasteiger partial charge in [0.25, 0.3) is 0 Å². The van der Waals surface area contributed by atoms with Crippen LogP contribution in [-0.2, 0) is 6.42 Å². The monoisotopic (exact) mass is 208 g/mol. The molecule has 14 heavy (non-hydrogen) atoms. The van der Waals surface area contributed by atoms with E-state index in [2.05, 4.69) is 28.9 Å². The van der Waals surface area contributed by atoms with E-state index in [0.29, 0.717) is 0 Å². The zero-order valence-electron chi connectivity index (χ0n) is 7.70. The van der Waals surface area contributed by atoms with E-state index >= 15 is 0 Å². The number of thiol groups is 1. The molecule has 2 rings (SSSR count). The van der Waals surface area contributed by atoms with Gasteiger partial charge >= 0.3 is 0 Å². The molecule has 0 unspecified atom stereocenters. The highest BCUT2D eigenvalue weighted by Crippen LogP contribution is 2.20. The average Bonchev–Trinajstić information content (AvgIpc) is 2.57. The molecule has 2 aromatic rings. The number of aromatic amines is 1. The number of rotatable bonds is 3. The van der Waals surface area contributed by atoms with Gasteiger partial charge in [0.2, 0.25) is 0 Å². The molecule has 4 heteroatoms. The van der Waals surface area contributed by atoms with Gasteiger partial charge in [0.1, 0.15) is 5.03 Å². The summed E-state index contributed by atoms with van der Waals surface area (Å²) in [6, 6.07) is 6.11. The van der Waals surface area contributed by atoms with Crippen LogP contribution in [0.15, 0.2) is 23.2 Å². The molecule has 0 atom stereocenters. The Labute approximate surface area is 87.6 Å². The molecule has 0 amide bonds. The first-order valence-electron chi connectivity index (χ1n) is 4.58. The molecule has 0 saturated heterocycles. The van der Waals surface area contributed by atoms with E-state index in [1.807, 2.05) is 12.1 Å². The van der Waals surface area contributed by atoms with Crippen molar-refractivity contribution in [2.24, 2.45) is 0 Å². The number of hydrogen-bond donors (Lipinski definition) is 3. The van der Waals surface area contributed by atoms with E-state index in [0.717, 1.165) is 28.8 Å². The molecule has 1 heterocycles. The standard InChI is InChI=1S/C10H12N2OS/c13-5-1-2-7-3-4-9-8(6-7)10(14)12-11-9/h3-4,6,13H,1-2,5H2,(H2,11,12,14). The summed E-state index contributed by atoms with van der Waals surface area (Å²) >= 11 is 4.25. The number of benzene rings is 1. The molecule has 1 aromatic carbocycles. The summed E-state index contributed by atoms with van der Waals surface area (Å²) in [5, 5.41) is 17.4. The van der Waals surface area contributed by atoms with Crippen molar-refractivity contribution < 1.29 is 5.11 Å². The molecule has 0 fully saturated rings. The third-order valence-corrected chi connectivity index (χ3v) is 2.57. The predicted octanol–water partition coefficient (Wildman–Crippen LogP) is 1.78. The zero-order valence-corrected chi connectivity index (χ0v) is 8.59. The minimum absolute atomic E-state index is 0.233. The zero-order chi connectivity index (χ0) is 9.97. The molecule has 0 radical (unpaired) electrons. The molecular formula is C10H12N2OS. The van der Waals surface area contributed by atoms with Crippen LogP contribution >= 0.6 is 12.6 Å². The van der Waals surface area contributed by atoms with Crippen molar-refractivity contribution in [2.45, 2.75) is 17.9 Å². The normalized spacial score (nSPS) is 11.0. The molecule has 0 saturated carbocycles. The van der Waals surface area contributed by atoms with Gasteiger partial charge < -0.3 is 5.11 Å². The summed E-state index contributed by atoms with van der Waals surface area (Å²) in [4.78, 5) is 0. The number of nitrogens with one attached hydrogen (secondary N) is 1. The highest BCUT2D eigenvalue weighted by Gasteiger charge is 2.02. The smallest absolute Gasteiger partial charge is 0.123 e. The van der Waals surface area contributed by atoms with Crippen LogP contribution in [0.2, 0.25) is 0 Å². The van der Waals surface area contributed by atoms with Crippen LogP contribution in [0.3, 0.4) is 0 Å². The minimum Gasteiger partial charge on any atom is -0.396 e. The van der Waals surface area contributed by atoms with Crippen LogP contribution in [0.1, 0.15) is 12.0 Å². The summed E-state index contributed by atoms with van der Waals surface area (Å²) in [5.41, 5.74) is 2.21. The molecule has 0 aliphatic carbocycles. The fourth-order valence-corrected chi connectivity index (χ4v) is 1.72. The molecule has 0 aliphatic rings. The Morgan fingerprint density at radius 2 is 2.29 bits per heavy atom. The lowest BCUT2D eigenvalue weighted by atomic mass is 10.1. The van der Waals surface area contributed by atoms with Gasteiger partial charge in [-0.05, 0) is 30.5 Å². The summed E-state index contributed by atoms with van der Waals surface area (Å²) < 4.78 is 0. The quantitative estimate of drug-likeness (QED) is 0.673. The third kappa shape index (κ3) is 1.76. The molecule has 2 N–H and O–H groups in total. The van der Waals surface area contributed by atoms with Crippen molar-refractivity contribution in [3.8, 4) is 0 Å². The molecule has 0 spiro atoms. The molecular weight excluding hydrogens is 196 g/mol. The molecule has 74 valence electrons. The van der Waals surface area contributed by atoms with Gasteiger partial charge in [-0.2, -0.15) is 5.10 Å². The second kappa shape index (κ2) is 4.02. The first-order valence-corrected chi connectivity index (χ1v) is 5.03.